The number of benzene rings is 1. The van der Waals surface area contributed by atoms with E-state index in [0.717, 1.165) is 6.04 Å². The van der Waals surface area contributed by atoms with E-state index >= 15 is 0 Å². The van der Waals surface area contributed by atoms with E-state index in [1.54, 1.807) is 0 Å². The lowest BCUT2D eigenvalue weighted by molar-refractivity contribution is 0.611. The predicted molar refractivity (Wildman–Crippen MR) is 105 cm³/mol. The Kier molecular flexibility index (Phi) is 9.15. The van der Waals surface area contributed by atoms with Crippen molar-refractivity contribution in [1.82, 2.24) is 0 Å². The van der Waals surface area contributed by atoms with E-state index < -0.39 is 8.07 Å². The second kappa shape index (κ2) is 10.6. The van der Waals surface area contributed by atoms with Crippen molar-refractivity contribution in [3.63, 3.8) is 0 Å². The molecule has 0 bridgehead atoms. The van der Waals surface area contributed by atoms with Gasteiger partial charge in [-0.3, -0.25) is 0 Å². The van der Waals surface area contributed by atoms with Crippen LogP contribution in [0.1, 0.15) is 51.9 Å². The summed E-state index contributed by atoms with van der Waals surface area (Å²) in [6, 6.07) is 12.1. The fraction of sp³-hybridized carbons (Fsp3) is 0.524. The Hall–Kier alpha value is -1.08. The van der Waals surface area contributed by atoms with Crippen molar-refractivity contribution < 1.29 is 0 Å². The minimum absolute atomic E-state index is 1.16. The van der Waals surface area contributed by atoms with Crippen molar-refractivity contribution in [2.45, 2.75) is 71.0 Å². The molecule has 0 N–H and O–H groups in total. The summed E-state index contributed by atoms with van der Waals surface area (Å²) < 4.78 is 0. The summed E-state index contributed by atoms with van der Waals surface area (Å²) in [7, 11) is -1.38. The average Bonchev–Trinajstić information content (AvgIpc) is 2.50. The first-order chi connectivity index (χ1) is 10.6. The van der Waals surface area contributed by atoms with Gasteiger partial charge in [-0.05, 0) is 18.9 Å². The van der Waals surface area contributed by atoms with Crippen LogP contribution in [0.5, 0.6) is 0 Å². The zero-order chi connectivity index (χ0) is 16.3. The van der Waals surface area contributed by atoms with Gasteiger partial charge in [-0.1, -0.05) is 112 Å². The van der Waals surface area contributed by atoms with E-state index in [1.807, 2.05) is 0 Å². The van der Waals surface area contributed by atoms with Crippen molar-refractivity contribution in [3.05, 3.63) is 54.6 Å². The van der Waals surface area contributed by atoms with Crippen LogP contribution in [-0.4, -0.2) is 8.07 Å². The van der Waals surface area contributed by atoms with E-state index in [-0.39, 0.29) is 0 Å². The van der Waals surface area contributed by atoms with Crippen molar-refractivity contribution in [2.24, 2.45) is 0 Å². The Morgan fingerprint density at radius 1 is 1.00 bits per heavy atom. The topological polar surface area (TPSA) is 0 Å². The van der Waals surface area contributed by atoms with E-state index in [4.69, 9.17) is 0 Å². The van der Waals surface area contributed by atoms with Crippen molar-refractivity contribution in [2.75, 3.05) is 0 Å². The lowest BCUT2D eigenvalue weighted by Crippen LogP contribution is -2.41. The molecular formula is C21H34Si. The molecule has 0 heterocycles. The maximum Gasteiger partial charge on any atom is 0.0849 e. The molecule has 0 nitrogen and oxygen atoms in total. The second-order valence-electron chi connectivity index (χ2n) is 7.04. The lowest BCUT2D eigenvalue weighted by atomic mass is 10.1. The van der Waals surface area contributed by atoms with Crippen LogP contribution in [0.2, 0.25) is 19.1 Å². The third-order valence-corrected chi connectivity index (χ3v) is 7.54. The Labute approximate surface area is 139 Å². The molecule has 0 saturated heterocycles. The predicted octanol–water partition coefficient (Wildman–Crippen LogP) is 6.47. The zero-order valence-electron chi connectivity index (χ0n) is 14.9. The third-order valence-electron chi connectivity index (χ3n) is 4.30. The van der Waals surface area contributed by atoms with Crippen LogP contribution >= 0.6 is 0 Å². The van der Waals surface area contributed by atoms with Gasteiger partial charge in [0.2, 0.25) is 0 Å². The molecule has 0 aromatic heterocycles. The summed E-state index contributed by atoms with van der Waals surface area (Å²) in [5.74, 6) is 0. The molecule has 0 amide bonds. The Morgan fingerprint density at radius 2 is 1.64 bits per heavy atom. The molecule has 1 aromatic carbocycles. The SMILES string of the molecule is C=C(/C=C/CCCCCCCC)C[Si](C)(C)c1ccccc1. The fourth-order valence-electron chi connectivity index (χ4n) is 2.91. The molecule has 22 heavy (non-hydrogen) atoms. The zero-order valence-corrected chi connectivity index (χ0v) is 15.9. The number of hydrogen-bond donors (Lipinski definition) is 0. The molecule has 0 saturated carbocycles. The monoisotopic (exact) mass is 314 g/mol. The minimum atomic E-state index is -1.38. The maximum atomic E-state index is 4.27. The quantitative estimate of drug-likeness (QED) is 0.249. The normalized spacial score (nSPS) is 12.0. The molecule has 0 aliphatic heterocycles. The highest BCUT2D eigenvalue weighted by Gasteiger charge is 2.23. The Morgan fingerprint density at radius 3 is 2.32 bits per heavy atom. The number of unbranched alkanes of at least 4 members (excludes halogenated alkanes) is 6. The van der Waals surface area contributed by atoms with E-state index in [1.165, 1.54) is 55.7 Å². The first-order valence-electron chi connectivity index (χ1n) is 8.96. The molecular weight excluding hydrogens is 280 g/mol. The molecule has 0 spiro atoms. The highest BCUT2D eigenvalue weighted by Crippen LogP contribution is 2.17. The number of rotatable bonds is 11. The molecule has 0 radical (unpaired) electrons. The van der Waals surface area contributed by atoms with Gasteiger partial charge in [-0.2, -0.15) is 0 Å². The van der Waals surface area contributed by atoms with Gasteiger partial charge in [-0.25, -0.2) is 0 Å². The van der Waals surface area contributed by atoms with Crippen molar-refractivity contribution >= 4 is 13.3 Å². The standard InChI is InChI=1S/C21H34Si/c1-5-6-7-8-9-10-11-13-16-20(2)19-22(3,4)21-17-14-12-15-18-21/h12-18H,2,5-11,19H2,1,3-4H3/b16-13+. The number of hydrogen-bond acceptors (Lipinski definition) is 0. The van der Waals surface area contributed by atoms with Gasteiger partial charge >= 0.3 is 0 Å². The van der Waals surface area contributed by atoms with Gasteiger partial charge in [-0.15, -0.1) is 0 Å². The molecule has 0 unspecified atom stereocenters. The van der Waals surface area contributed by atoms with Crippen molar-refractivity contribution in [3.8, 4) is 0 Å². The maximum absolute atomic E-state index is 4.27. The molecule has 1 rings (SSSR count). The molecule has 1 aromatic rings. The second-order valence-corrected chi connectivity index (χ2v) is 11.7. The van der Waals surface area contributed by atoms with Gasteiger partial charge in [0.25, 0.3) is 0 Å². The Balaban J connectivity index is 2.26. The van der Waals surface area contributed by atoms with Crippen LogP contribution in [0.3, 0.4) is 0 Å². The van der Waals surface area contributed by atoms with Gasteiger partial charge in [0.05, 0.1) is 8.07 Å². The average molecular weight is 315 g/mol. The van der Waals surface area contributed by atoms with Crippen LogP contribution in [0.25, 0.3) is 0 Å². The van der Waals surface area contributed by atoms with Crippen LogP contribution in [0.15, 0.2) is 54.6 Å². The first kappa shape index (κ1) is 19.0. The molecule has 0 aliphatic rings. The van der Waals surface area contributed by atoms with Gasteiger partial charge in [0.15, 0.2) is 0 Å². The van der Waals surface area contributed by atoms with Crippen LogP contribution in [-0.2, 0) is 0 Å². The smallest absolute Gasteiger partial charge is 0.0849 e. The first-order valence-corrected chi connectivity index (χ1v) is 12.2. The molecule has 1 heteroatoms. The van der Waals surface area contributed by atoms with E-state index in [2.05, 4.69) is 69.1 Å². The third kappa shape index (κ3) is 7.79. The molecule has 0 atom stereocenters. The van der Waals surface area contributed by atoms with Gasteiger partial charge < -0.3 is 0 Å². The summed E-state index contributed by atoms with van der Waals surface area (Å²) in [5, 5.41) is 1.53. The van der Waals surface area contributed by atoms with Crippen molar-refractivity contribution in [1.29, 1.82) is 0 Å². The van der Waals surface area contributed by atoms with Crippen LogP contribution in [0.4, 0.5) is 0 Å². The molecule has 0 aliphatic carbocycles. The number of allylic oxidation sites excluding steroid dienone is 3. The van der Waals surface area contributed by atoms with E-state index in [9.17, 15) is 0 Å². The lowest BCUT2D eigenvalue weighted by Gasteiger charge is -2.23. The van der Waals surface area contributed by atoms with Gasteiger partial charge in [0, 0.05) is 0 Å². The summed E-state index contributed by atoms with van der Waals surface area (Å²) >= 11 is 0. The molecule has 122 valence electrons. The van der Waals surface area contributed by atoms with Gasteiger partial charge in [0.1, 0.15) is 0 Å². The minimum Gasteiger partial charge on any atom is -0.0961 e. The van der Waals surface area contributed by atoms with E-state index in [0.29, 0.717) is 0 Å². The summed E-state index contributed by atoms with van der Waals surface area (Å²) in [6.07, 6.45) is 14.0. The molecule has 0 fully saturated rings. The van der Waals surface area contributed by atoms with Crippen LogP contribution in [0, 0.1) is 0 Å². The van der Waals surface area contributed by atoms with Crippen LogP contribution < -0.4 is 5.19 Å². The fourth-order valence-corrected chi connectivity index (χ4v) is 5.46. The largest absolute Gasteiger partial charge is 0.0961 e. The summed E-state index contributed by atoms with van der Waals surface area (Å²) in [6.45, 7) is 11.4. The highest BCUT2D eigenvalue weighted by atomic mass is 28.3. The Bertz CT molecular complexity index is 442. The summed E-state index contributed by atoms with van der Waals surface area (Å²) in [5.41, 5.74) is 1.30. The summed E-state index contributed by atoms with van der Waals surface area (Å²) in [4.78, 5) is 0. The highest BCUT2D eigenvalue weighted by molar-refractivity contribution is 6.90.